The fourth-order valence-electron chi connectivity index (χ4n) is 3.79. The van der Waals surface area contributed by atoms with Gasteiger partial charge < -0.3 is 4.98 Å². The van der Waals surface area contributed by atoms with Crippen molar-refractivity contribution in [1.29, 1.82) is 5.26 Å². The van der Waals surface area contributed by atoms with Crippen LogP contribution in [0.25, 0.3) is 11.0 Å². The number of pyridine rings is 2. The standard InChI is InChI=1S/C19H20ClN5O/c1-12-14(9-21)7-18(12)25-4-2-24(3-5-25)11-13-6-17-16(22-10-13)8-15(20)19(26)23-17/h6,8,10,18H,2-5,7,11H2,1H3,(H,23,26). The lowest BCUT2D eigenvalue weighted by atomic mass is 9.83. The number of rotatable bonds is 3. The molecule has 0 saturated carbocycles. The monoisotopic (exact) mass is 369 g/mol. The van der Waals surface area contributed by atoms with E-state index in [1.807, 2.05) is 12.3 Å². The summed E-state index contributed by atoms with van der Waals surface area (Å²) in [6.07, 6.45) is 2.74. The average Bonchev–Trinajstić information content (AvgIpc) is 2.63. The van der Waals surface area contributed by atoms with E-state index < -0.39 is 0 Å². The minimum absolute atomic E-state index is 0.161. The smallest absolute Gasteiger partial charge is 0.267 e. The predicted molar refractivity (Wildman–Crippen MR) is 101 cm³/mol. The van der Waals surface area contributed by atoms with Crippen LogP contribution in [0.15, 0.2) is 34.3 Å². The summed E-state index contributed by atoms with van der Waals surface area (Å²) in [6, 6.07) is 6.31. The molecule has 1 aliphatic carbocycles. The maximum atomic E-state index is 11.7. The summed E-state index contributed by atoms with van der Waals surface area (Å²) in [5.41, 5.74) is 4.40. The molecule has 1 unspecified atom stereocenters. The Balaban J connectivity index is 1.40. The van der Waals surface area contributed by atoms with Crippen molar-refractivity contribution in [1.82, 2.24) is 19.8 Å². The van der Waals surface area contributed by atoms with Crippen LogP contribution in [-0.4, -0.2) is 52.0 Å². The first-order valence-corrected chi connectivity index (χ1v) is 9.16. The van der Waals surface area contributed by atoms with Crippen LogP contribution in [0.2, 0.25) is 5.02 Å². The molecular formula is C19H20ClN5O. The van der Waals surface area contributed by atoms with Gasteiger partial charge in [0.2, 0.25) is 0 Å². The van der Waals surface area contributed by atoms with Crippen molar-refractivity contribution < 1.29 is 0 Å². The van der Waals surface area contributed by atoms with Crippen molar-refractivity contribution in [3.8, 4) is 6.07 Å². The lowest BCUT2D eigenvalue weighted by Crippen LogP contribution is -2.52. The quantitative estimate of drug-likeness (QED) is 0.898. The van der Waals surface area contributed by atoms with Gasteiger partial charge in [0, 0.05) is 57.0 Å². The summed E-state index contributed by atoms with van der Waals surface area (Å²) in [4.78, 5) is 23.8. The van der Waals surface area contributed by atoms with E-state index in [1.165, 1.54) is 5.57 Å². The Kier molecular flexibility index (Phi) is 4.53. The number of aromatic amines is 1. The number of piperazine rings is 1. The fourth-order valence-corrected chi connectivity index (χ4v) is 3.94. The molecule has 1 saturated heterocycles. The maximum Gasteiger partial charge on any atom is 0.267 e. The van der Waals surface area contributed by atoms with Gasteiger partial charge in [-0.15, -0.1) is 0 Å². The molecule has 6 nitrogen and oxygen atoms in total. The molecule has 1 N–H and O–H groups in total. The number of hydrogen-bond donors (Lipinski definition) is 1. The maximum absolute atomic E-state index is 11.7. The van der Waals surface area contributed by atoms with Crippen LogP contribution in [-0.2, 0) is 6.54 Å². The average molecular weight is 370 g/mol. The SMILES string of the molecule is CC1=C(C#N)CC1N1CCN(Cc2cnc3cc(Cl)c(=O)[nH]c3c2)CC1. The Morgan fingerprint density at radius 1 is 1.35 bits per heavy atom. The molecule has 1 aliphatic heterocycles. The molecule has 0 aromatic carbocycles. The van der Waals surface area contributed by atoms with Gasteiger partial charge in [-0.05, 0) is 30.2 Å². The van der Waals surface area contributed by atoms with Gasteiger partial charge >= 0.3 is 0 Å². The second kappa shape index (κ2) is 6.84. The van der Waals surface area contributed by atoms with Crippen LogP contribution in [0.5, 0.6) is 0 Å². The Hall–Kier alpha value is -2.20. The molecule has 3 heterocycles. The zero-order valence-electron chi connectivity index (χ0n) is 14.6. The molecule has 0 radical (unpaired) electrons. The lowest BCUT2D eigenvalue weighted by molar-refractivity contribution is 0.0966. The predicted octanol–water partition coefficient (Wildman–Crippen LogP) is 2.31. The van der Waals surface area contributed by atoms with E-state index in [1.54, 1.807) is 6.07 Å². The van der Waals surface area contributed by atoms with E-state index in [9.17, 15) is 4.79 Å². The Morgan fingerprint density at radius 2 is 2.12 bits per heavy atom. The topological polar surface area (TPSA) is 76.0 Å². The van der Waals surface area contributed by atoms with E-state index in [0.29, 0.717) is 11.6 Å². The van der Waals surface area contributed by atoms with Crippen LogP contribution in [0.3, 0.4) is 0 Å². The highest BCUT2D eigenvalue weighted by Gasteiger charge is 2.33. The first kappa shape index (κ1) is 17.2. The third-order valence-corrected chi connectivity index (χ3v) is 5.75. The molecule has 134 valence electrons. The highest BCUT2D eigenvalue weighted by molar-refractivity contribution is 6.30. The highest BCUT2D eigenvalue weighted by Crippen LogP contribution is 2.32. The highest BCUT2D eigenvalue weighted by atomic mass is 35.5. The number of halogens is 1. The third kappa shape index (κ3) is 3.14. The van der Waals surface area contributed by atoms with Gasteiger partial charge in [0.25, 0.3) is 5.56 Å². The van der Waals surface area contributed by atoms with Crippen molar-refractivity contribution in [3.63, 3.8) is 0 Å². The first-order chi connectivity index (χ1) is 12.5. The van der Waals surface area contributed by atoms with E-state index in [2.05, 4.69) is 32.8 Å². The van der Waals surface area contributed by atoms with Crippen LogP contribution < -0.4 is 5.56 Å². The number of fused-ring (bicyclic) bond motifs is 1. The molecule has 26 heavy (non-hydrogen) atoms. The van der Waals surface area contributed by atoms with Crippen molar-refractivity contribution in [2.24, 2.45) is 0 Å². The first-order valence-electron chi connectivity index (χ1n) is 8.79. The fraction of sp³-hybridized carbons (Fsp3) is 0.421. The minimum Gasteiger partial charge on any atom is -0.319 e. The molecule has 4 rings (SSSR count). The Morgan fingerprint density at radius 3 is 2.81 bits per heavy atom. The molecule has 2 aromatic heterocycles. The molecule has 1 fully saturated rings. The normalized spacial score (nSPS) is 21.7. The van der Waals surface area contributed by atoms with Crippen LogP contribution in [0.4, 0.5) is 0 Å². The van der Waals surface area contributed by atoms with Crippen LogP contribution >= 0.6 is 11.6 Å². The molecule has 0 bridgehead atoms. The zero-order valence-corrected chi connectivity index (χ0v) is 15.4. The molecule has 0 spiro atoms. The number of nitriles is 1. The number of nitrogens with one attached hydrogen (secondary N) is 1. The lowest BCUT2D eigenvalue weighted by Gasteiger charge is -2.43. The minimum atomic E-state index is -0.285. The van der Waals surface area contributed by atoms with Gasteiger partial charge in [-0.25, -0.2) is 0 Å². The zero-order chi connectivity index (χ0) is 18.3. The molecule has 2 aliphatic rings. The Bertz CT molecular complexity index is 982. The van der Waals surface area contributed by atoms with Gasteiger partial charge in [-0.1, -0.05) is 11.6 Å². The van der Waals surface area contributed by atoms with Crippen molar-refractivity contribution in [2.75, 3.05) is 26.2 Å². The second-order valence-electron chi connectivity index (χ2n) is 7.03. The van der Waals surface area contributed by atoms with E-state index in [0.717, 1.165) is 55.8 Å². The molecule has 7 heteroatoms. The van der Waals surface area contributed by atoms with Gasteiger partial charge in [0.15, 0.2) is 0 Å². The summed E-state index contributed by atoms with van der Waals surface area (Å²) in [5.74, 6) is 0. The number of H-pyrrole nitrogens is 1. The number of nitrogens with zero attached hydrogens (tertiary/aromatic N) is 4. The summed E-state index contributed by atoms with van der Waals surface area (Å²) in [5, 5.41) is 9.18. The van der Waals surface area contributed by atoms with Crippen molar-refractivity contribution in [2.45, 2.75) is 25.9 Å². The second-order valence-corrected chi connectivity index (χ2v) is 7.44. The summed E-state index contributed by atoms with van der Waals surface area (Å²) < 4.78 is 0. The van der Waals surface area contributed by atoms with E-state index >= 15 is 0 Å². The van der Waals surface area contributed by atoms with Gasteiger partial charge in [-0.3, -0.25) is 19.6 Å². The van der Waals surface area contributed by atoms with Gasteiger partial charge in [0.05, 0.1) is 17.1 Å². The molecule has 1 atom stereocenters. The summed E-state index contributed by atoms with van der Waals surface area (Å²) in [7, 11) is 0. The molecular weight excluding hydrogens is 350 g/mol. The summed E-state index contributed by atoms with van der Waals surface area (Å²) >= 11 is 5.85. The van der Waals surface area contributed by atoms with E-state index in [4.69, 9.17) is 16.9 Å². The van der Waals surface area contributed by atoms with E-state index in [-0.39, 0.29) is 10.6 Å². The third-order valence-electron chi connectivity index (χ3n) is 5.47. The number of hydrogen-bond acceptors (Lipinski definition) is 5. The van der Waals surface area contributed by atoms with Gasteiger partial charge in [0.1, 0.15) is 5.02 Å². The van der Waals surface area contributed by atoms with Crippen LogP contribution in [0, 0.1) is 11.3 Å². The largest absolute Gasteiger partial charge is 0.319 e. The molecule has 0 amide bonds. The summed E-state index contributed by atoms with van der Waals surface area (Å²) in [6.45, 7) is 6.88. The Labute approximate surface area is 156 Å². The molecule has 2 aromatic rings. The van der Waals surface area contributed by atoms with Crippen molar-refractivity contribution in [3.05, 3.63) is 50.4 Å². The van der Waals surface area contributed by atoms with Crippen LogP contribution in [0.1, 0.15) is 18.9 Å². The van der Waals surface area contributed by atoms with Crippen molar-refractivity contribution >= 4 is 22.6 Å². The number of aromatic nitrogens is 2. The van der Waals surface area contributed by atoms with Gasteiger partial charge in [-0.2, -0.15) is 5.26 Å².